The second-order valence-electron chi connectivity index (χ2n) is 15.4. The van der Waals surface area contributed by atoms with Gasteiger partial charge >= 0.3 is 0 Å². The Bertz CT molecular complexity index is 3160. The molecule has 2 heterocycles. The third-order valence-corrected chi connectivity index (χ3v) is 11.7. The van der Waals surface area contributed by atoms with Gasteiger partial charge in [0.05, 0.1) is 11.4 Å². The lowest BCUT2D eigenvalue weighted by Gasteiger charge is -2.21. The zero-order valence-electron chi connectivity index (χ0n) is 31.1. The Morgan fingerprint density at radius 3 is 1.84 bits per heavy atom. The quantitative estimate of drug-likeness (QED) is 0.178. The van der Waals surface area contributed by atoms with Gasteiger partial charge < -0.3 is 4.42 Å². The van der Waals surface area contributed by atoms with E-state index >= 15 is 0 Å². The molecule has 0 aliphatic heterocycles. The van der Waals surface area contributed by atoms with Crippen LogP contribution in [0.3, 0.4) is 0 Å². The summed E-state index contributed by atoms with van der Waals surface area (Å²) in [7, 11) is 0. The fourth-order valence-electron chi connectivity index (χ4n) is 8.81. The van der Waals surface area contributed by atoms with E-state index in [2.05, 4.69) is 178 Å². The van der Waals surface area contributed by atoms with Crippen LogP contribution in [0.4, 0.5) is 0 Å². The maximum Gasteiger partial charge on any atom is 0.160 e. The van der Waals surface area contributed by atoms with Crippen LogP contribution in [0.1, 0.15) is 25.0 Å². The van der Waals surface area contributed by atoms with E-state index < -0.39 is 0 Å². The van der Waals surface area contributed by atoms with E-state index in [1.165, 1.54) is 33.0 Å². The van der Waals surface area contributed by atoms with Gasteiger partial charge in [0.25, 0.3) is 0 Å². The number of furan rings is 1. The van der Waals surface area contributed by atoms with Crippen molar-refractivity contribution >= 4 is 32.7 Å². The molecule has 0 radical (unpaired) electrons. The largest absolute Gasteiger partial charge is 0.456 e. The highest BCUT2D eigenvalue weighted by atomic mass is 16.3. The monoisotopic (exact) mass is 716 g/mol. The minimum absolute atomic E-state index is 0.0658. The first kappa shape index (κ1) is 32.3. The van der Waals surface area contributed by atoms with Crippen LogP contribution in [0.5, 0.6) is 0 Å². The van der Waals surface area contributed by atoms with Crippen molar-refractivity contribution in [2.45, 2.75) is 19.3 Å². The van der Waals surface area contributed by atoms with Crippen molar-refractivity contribution in [2.24, 2.45) is 0 Å². The van der Waals surface area contributed by atoms with Crippen LogP contribution in [-0.2, 0) is 5.41 Å². The molecule has 0 saturated heterocycles. The van der Waals surface area contributed by atoms with Crippen LogP contribution >= 0.6 is 0 Å². The Hall–Kier alpha value is -7.10. The van der Waals surface area contributed by atoms with Gasteiger partial charge in [0.15, 0.2) is 5.82 Å². The number of hydrogen-bond acceptors (Lipinski definition) is 3. The zero-order valence-corrected chi connectivity index (χ0v) is 31.1. The van der Waals surface area contributed by atoms with Crippen molar-refractivity contribution < 1.29 is 4.42 Å². The fourth-order valence-corrected chi connectivity index (χ4v) is 8.81. The molecule has 0 saturated carbocycles. The normalized spacial score (nSPS) is 13.0. The van der Waals surface area contributed by atoms with Crippen molar-refractivity contribution in [1.82, 2.24) is 9.97 Å². The van der Waals surface area contributed by atoms with Gasteiger partial charge in [-0.05, 0) is 104 Å². The zero-order chi connectivity index (χ0) is 37.4. The maximum absolute atomic E-state index is 6.39. The second kappa shape index (κ2) is 12.5. The minimum atomic E-state index is -0.0658. The van der Waals surface area contributed by atoms with E-state index in [1.54, 1.807) is 0 Å². The highest BCUT2D eigenvalue weighted by Crippen LogP contribution is 2.49. The van der Waals surface area contributed by atoms with Crippen LogP contribution in [0.15, 0.2) is 186 Å². The SMILES string of the molecule is CC1(C)c2ccccc2-c2cc(-c3cc(-c4cc(-c5ccccc5)cc(-c5ccc6oc7ccc8ccccc8c7c6c5)c4)nc(-c4ccccc4)n3)ccc21. The van der Waals surface area contributed by atoms with E-state index in [4.69, 9.17) is 14.4 Å². The first-order valence-corrected chi connectivity index (χ1v) is 19.2. The second-order valence-corrected chi connectivity index (χ2v) is 15.4. The van der Waals surface area contributed by atoms with Gasteiger partial charge in [-0.25, -0.2) is 9.97 Å². The fraction of sp³-hybridized carbons (Fsp3) is 0.0566. The molecule has 3 nitrogen and oxygen atoms in total. The molecule has 3 heteroatoms. The van der Waals surface area contributed by atoms with Crippen LogP contribution in [0.2, 0.25) is 0 Å². The molecule has 0 atom stereocenters. The van der Waals surface area contributed by atoms with Crippen molar-refractivity contribution in [2.75, 3.05) is 0 Å². The van der Waals surface area contributed by atoms with Crippen molar-refractivity contribution in [3.05, 3.63) is 193 Å². The molecule has 0 spiro atoms. The Morgan fingerprint density at radius 2 is 1.02 bits per heavy atom. The predicted molar refractivity (Wildman–Crippen MR) is 232 cm³/mol. The average molecular weight is 717 g/mol. The van der Waals surface area contributed by atoms with Gasteiger partial charge in [-0.2, -0.15) is 0 Å². The summed E-state index contributed by atoms with van der Waals surface area (Å²) in [6.07, 6.45) is 0. The summed E-state index contributed by atoms with van der Waals surface area (Å²) in [5.41, 5.74) is 16.3. The summed E-state index contributed by atoms with van der Waals surface area (Å²) in [4.78, 5) is 10.5. The predicted octanol–water partition coefficient (Wildman–Crippen LogP) is 14.2. The lowest BCUT2D eigenvalue weighted by Crippen LogP contribution is -2.14. The van der Waals surface area contributed by atoms with Gasteiger partial charge in [0.2, 0.25) is 0 Å². The van der Waals surface area contributed by atoms with Crippen molar-refractivity contribution in [3.8, 4) is 67.3 Å². The van der Waals surface area contributed by atoms with Gasteiger partial charge in [0.1, 0.15) is 11.2 Å². The van der Waals surface area contributed by atoms with Crippen LogP contribution in [0.25, 0.3) is 100.0 Å². The topological polar surface area (TPSA) is 38.9 Å². The number of nitrogens with zero attached hydrogens (tertiary/aromatic N) is 2. The standard InChI is InChI=1S/C53H36N2O/c1-53(2)45-20-12-11-19-42(45)43-31-37(21-24-46(43)53)47-32-48(55-52(54-47)35-16-7-4-8-17-35)40-28-38(33-13-5-3-6-14-33)27-39(29-40)36-23-25-49-44(30-36)51-41-18-10-9-15-34(41)22-26-50(51)56-49/h3-32H,1-2H3. The van der Waals surface area contributed by atoms with Crippen LogP contribution < -0.4 is 0 Å². The van der Waals surface area contributed by atoms with E-state index in [0.29, 0.717) is 5.82 Å². The van der Waals surface area contributed by atoms with Gasteiger partial charge in [0, 0.05) is 32.9 Å². The molecule has 2 aromatic heterocycles. The summed E-state index contributed by atoms with van der Waals surface area (Å²) < 4.78 is 6.39. The maximum atomic E-state index is 6.39. The summed E-state index contributed by atoms with van der Waals surface area (Å²) >= 11 is 0. The van der Waals surface area contributed by atoms with E-state index in [1.807, 2.05) is 18.2 Å². The molecule has 8 aromatic carbocycles. The summed E-state index contributed by atoms with van der Waals surface area (Å²) in [5, 5.41) is 4.65. The third kappa shape index (κ3) is 5.20. The van der Waals surface area contributed by atoms with E-state index in [9.17, 15) is 0 Å². The summed E-state index contributed by atoms with van der Waals surface area (Å²) in [6, 6.07) is 64.9. The molecular formula is C53H36N2O. The molecule has 10 aromatic rings. The lowest BCUT2D eigenvalue weighted by atomic mass is 9.82. The Labute approximate surface area is 325 Å². The first-order chi connectivity index (χ1) is 27.5. The molecule has 0 amide bonds. The number of rotatable bonds is 5. The Kier molecular flexibility index (Phi) is 7.20. The van der Waals surface area contributed by atoms with Gasteiger partial charge in [-0.15, -0.1) is 0 Å². The Morgan fingerprint density at radius 1 is 0.393 bits per heavy atom. The highest BCUT2D eigenvalue weighted by molar-refractivity contribution is 6.19. The molecule has 0 fully saturated rings. The Balaban J connectivity index is 1.12. The highest BCUT2D eigenvalue weighted by Gasteiger charge is 2.35. The minimum Gasteiger partial charge on any atom is -0.456 e. The lowest BCUT2D eigenvalue weighted by molar-refractivity contribution is 0.660. The molecule has 0 unspecified atom stereocenters. The summed E-state index contributed by atoms with van der Waals surface area (Å²) in [5.74, 6) is 0.698. The number of benzene rings is 8. The average Bonchev–Trinajstić information content (AvgIpc) is 3.75. The van der Waals surface area contributed by atoms with Crippen LogP contribution in [-0.4, -0.2) is 9.97 Å². The number of fused-ring (bicyclic) bond motifs is 8. The molecule has 264 valence electrons. The molecule has 0 N–H and O–H groups in total. The molecule has 1 aliphatic carbocycles. The van der Waals surface area contributed by atoms with Crippen molar-refractivity contribution in [3.63, 3.8) is 0 Å². The molecule has 11 rings (SSSR count). The molecule has 0 bridgehead atoms. The van der Waals surface area contributed by atoms with Gasteiger partial charge in [-0.3, -0.25) is 0 Å². The number of hydrogen-bond donors (Lipinski definition) is 0. The first-order valence-electron chi connectivity index (χ1n) is 19.2. The smallest absolute Gasteiger partial charge is 0.160 e. The van der Waals surface area contributed by atoms with Crippen LogP contribution in [0, 0.1) is 0 Å². The molecular weight excluding hydrogens is 681 g/mol. The van der Waals surface area contributed by atoms with E-state index in [-0.39, 0.29) is 5.41 Å². The third-order valence-electron chi connectivity index (χ3n) is 11.7. The van der Waals surface area contributed by atoms with Gasteiger partial charge in [-0.1, -0.05) is 147 Å². The molecule has 1 aliphatic rings. The van der Waals surface area contributed by atoms with E-state index in [0.717, 1.165) is 72.3 Å². The number of aromatic nitrogens is 2. The summed E-state index contributed by atoms with van der Waals surface area (Å²) in [6.45, 7) is 4.64. The molecule has 56 heavy (non-hydrogen) atoms. The van der Waals surface area contributed by atoms with Crippen molar-refractivity contribution in [1.29, 1.82) is 0 Å².